The fourth-order valence-corrected chi connectivity index (χ4v) is 0.201. The standard InChI is InChI=1S/C4H5NO2.C3H6O3/c1-7-4(6)2-3-5;1-6-3(5)2-4/h2H2,1H3;4H,2H2,1H3. The van der Waals surface area contributed by atoms with Crippen molar-refractivity contribution in [3.05, 3.63) is 0 Å². The summed E-state index contributed by atoms with van der Waals surface area (Å²) in [6.07, 6.45) is -0.156. The number of aliphatic hydroxyl groups is 1. The summed E-state index contributed by atoms with van der Waals surface area (Å²) in [4.78, 5) is 19.7. The maximum Gasteiger partial charge on any atom is 0.331 e. The number of esters is 2. The summed E-state index contributed by atoms with van der Waals surface area (Å²) in [6.45, 7) is -0.531. The first-order valence-corrected chi connectivity index (χ1v) is 3.23. The molecule has 6 heteroatoms. The van der Waals surface area contributed by atoms with E-state index in [4.69, 9.17) is 10.4 Å². The highest BCUT2D eigenvalue weighted by atomic mass is 16.5. The van der Waals surface area contributed by atoms with Crippen LogP contribution in [0.4, 0.5) is 0 Å². The molecule has 0 bridgehead atoms. The average Bonchev–Trinajstić information content (AvgIpc) is 2.18. The summed E-state index contributed by atoms with van der Waals surface area (Å²) in [6, 6.07) is 1.64. The van der Waals surface area contributed by atoms with Crippen molar-refractivity contribution >= 4 is 11.9 Å². The third-order valence-electron chi connectivity index (χ3n) is 0.808. The van der Waals surface area contributed by atoms with E-state index in [1.165, 1.54) is 14.2 Å². The largest absolute Gasteiger partial charge is 0.468 e. The van der Waals surface area contributed by atoms with Gasteiger partial charge < -0.3 is 14.6 Å². The minimum atomic E-state index is -0.602. The highest BCUT2D eigenvalue weighted by Crippen LogP contribution is 1.76. The monoisotopic (exact) mass is 189 g/mol. The summed E-state index contributed by atoms with van der Waals surface area (Å²) in [5, 5.41) is 15.7. The zero-order chi connectivity index (χ0) is 10.7. The highest BCUT2D eigenvalue weighted by Gasteiger charge is 1.93. The third-order valence-corrected chi connectivity index (χ3v) is 0.808. The Labute approximate surface area is 75.7 Å². The number of hydrogen-bond donors (Lipinski definition) is 1. The van der Waals surface area contributed by atoms with Gasteiger partial charge in [-0.25, -0.2) is 4.79 Å². The zero-order valence-corrected chi connectivity index (χ0v) is 7.44. The van der Waals surface area contributed by atoms with E-state index in [9.17, 15) is 9.59 Å². The Kier molecular flexibility index (Phi) is 11.1. The van der Waals surface area contributed by atoms with Gasteiger partial charge in [-0.15, -0.1) is 0 Å². The maximum atomic E-state index is 9.97. The van der Waals surface area contributed by atoms with Gasteiger partial charge in [0.1, 0.15) is 13.0 Å². The summed E-state index contributed by atoms with van der Waals surface area (Å²) < 4.78 is 8.14. The van der Waals surface area contributed by atoms with E-state index in [0.717, 1.165) is 0 Å². The predicted octanol–water partition coefficient (Wildman–Crippen LogP) is -0.775. The van der Waals surface area contributed by atoms with Gasteiger partial charge in [0.25, 0.3) is 0 Å². The predicted molar refractivity (Wildman–Crippen MR) is 41.3 cm³/mol. The summed E-state index contributed by atoms with van der Waals surface area (Å²) >= 11 is 0. The van der Waals surface area contributed by atoms with Crippen molar-refractivity contribution in [1.29, 1.82) is 5.26 Å². The van der Waals surface area contributed by atoms with E-state index in [1.54, 1.807) is 6.07 Å². The van der Waals surface area contributed by atoms with E-state index in [1.807, 2.05) is 0 Å². The molecule has 0 atom stereocenters. The number of ether oxygens (including phenoxy) is 2. The molecule has 0 aromatic carbocycles. The Morgan fingerprint density at radius 1 is 1.31 bits per heavy atom. The van der Waals surface area contributed by atoms with E-state index < -0.39 is 18.5 Å². The second-order valence-electron chi connectivity index (χ2n) is 1.65. The van der Waals surface area contributed by atoms with Crippen molar-refractivity contribution in [2.24, 2.45) is 0 Å². The van der Waals surface area contributed by atoms with E-state index in [2.05, 4.69) is 9.47 Å². The molecule has 13 heavy (non-hydrogen) atoms. The average molecular weight is 189 g/mol. The molecule has 6 nitrogen and oxygen atoms in total. The second-order valence-corrected chi connectivity index (χ2v) is 1.65. The second kappa shape index (κ2) is 10.4. The molecule has 0 radical (unpaired) electrons. The van der Waals surface area contributed by atoms with E-state index in [0.29, 0.717) is 0 Å². The number of nitrogens with zero attached hydrogens (tertiary/aromatic N) is 1. The van der Waals surface area contributed by atoms with Gasteiger partial charge in [-0.1, -0.05) is 0 Å². The Hall–Kier alpha value is -1.61. The van der Waals surface area contributed by atoms with Crippen molar-refractivity contribution in [2.75, 3.05) is 20.8 Å². The molecule has 0 aliphatic carbocycles. The number of hydrogen-bond acceptors (Lipinski definition) is 6. The molecular weight excluding hydrogens is 178 g/mol. The molecular formula is C7H11NO5. The van der Waals surface area contributed by atoms with Crippen molar-refractivity contribution in [2.45, 2.75) is 6.42 Å². The first kappa shape index (κ1) is 13.9. The first-order chi connectivity index (χ1) is 6.12. The fraction of sp³-hybridized carbons (Fsp3) is 0.571. The van der Waals surface area contributed by atoms with Crippen LogP contribution in [-0.2, 0) is 19.1 Å². The number of methoxy groups -OCH3 is 2. The van der Waals surface area contributed by atoms with Crippen LogP contribution in [0.5, 0.6) is 0 Å². The lowest BCUT2D eigenvalue weighted by Crippen LogP contribution is -2.04. The maximum absolute atomic E-state index is 9.97. The van der Waals surface area contributed by atoms with Crippen molar-refractivity contribution < 1.29 is 24.2 Å². The number of aliphatic hydroxyl groups excluding tert-OH is 1. The minimum absolute atomic E-state index is 0.156. The molecule has 0 rings (SSSR count). The fourth-order valence-electron chi connectivity index (χ4n) is 0.201. The van der Waals surface area contributed by atoms with Crippen LogP contribution in [-0.4, -0.2) is 37.9 Å². The molecule has 74 valence electrons. The number of carbonyl (C=O) groups excluding carboxylic acids is 2. The van der Waals surface area contributed by atoms with Gasteiger partial charge in [-0.2, -0.15) is 5.26 Å². The van der Waals surface area contributed by atoms with Gasteiger partial charge in [-0.3, -0.25) is 4.79 Å². The van der Waals surface area contributed by atoms with Gasteiger partial charge in [-0.05, 0) is 0 Å². The molecule has 0 aliphatic heterocycles. The van der Waals surface area contributed by atoms with Crippen molar-refractivity contribution in [1.82, 2.24) is 0 Å². The molecule has 0 saturated heterocycles. The number of nitriles is 1. The van der Waals surface area contributed by atoms with Crippen LogP contribution < -0.4 is 0 Å². The molecule has 0 fully saturated rings. The molecule has 0 spiro atoms. The Balaban J connectivity index is 0. The van der Waals surface area contributed by atoms with Crippen LogP contribution in [0, 0.1) is 11.3 Å². The van der Waals surface area contributed by atoms with Crippen LogP contribution in [0.15, 0.2) is 0 Å². The molecule has 0 aromatic heterocycles. The molecule has 1 N–H and O–H groups in total. The molecule has 0 unspecified atom stereocenters. The summed E-state index contributed by atoms with van der Waals surface area (Å²) in [7, 11) is 2.47. The van der Waals surface area contributed by atoms with Crippen LogP contribution in [0.3, 0.4) is 0 Å². The SMILES string of the molecule is COC(=O)CC#N.COC(=O)CO. The topological polar surface area (TPSA) is 96.6 Å². The van der Waals surface area contributed by atoms with Gasteiger partial charge in [0, 0.05) is 0 Å². The van der Waals surface area contributed by atoms with Crippen molar-refractivity contribution in [3.63, 3.8) is 0 Å². The van der Waals surface area contributed by atoms with Crippen LogP contribution in [0.2, 0.25) is 0 Å². The van der Waals surface area contributed by atoms with Crippen LogP contribution >= 0.6 is 0 Å². The smallest absolute Gasteiger partial charge is 0.331 e. The normalized spacial score (nSPS) is 7.23. The Morgan fingerprint density at radius 2 is 1.77 bits per heavy atom. The lowest BCUT2D eigenvalue weighted by molar-refractivity contribution is -0.143. The van der Waals surface area contributed by atoms with Gasteiger partial charge in [0.2, 0.25) is 0 Å². The van der Waals surface area contributed by atoms with Gasteiger partial charge >= 0.3 is 11.9 Å². The number of rotatable bonds is 2. The zero-order valence-electron chi connectivity index (χ0n) is 7.44. The Bertz CT molecular complexity index is 190. The molecule has 0 aliphatic rings. The Morgan fingerprint density at radius 3 is 1.85 bits per heavy atom. The van der Waals surface area contributed by atoms with E-state index in [-0.39, 0.29) is 6.42 Å². The van der Waals surface area contributed by atoms with Gasteiger partial charge in [0.15, 0.2) is 0 Å². The first-order valence-electron chi connectivity index (χ1n) is 3.23. The van der Waals surface area contributed by atoms with Crippen LogP contribution in [0.25, 0.3) is 0 Å². The molecule has 0 amide bonds. The molecule has 0 aromatic rings. The van der Waals surface area contributed by atoms with Crippen LogP contribution in [0.1, 0.15) is 6.42 Å². The third kappa shape index (κ3) is 13.4. The molecule has 0 saturated carbocycles. The van der Waals surface area contributed by atoms with E-state index >= 15 is 0 Å². The minimum Gasteiger partial charge on any atom is -0.468 e. The summed E-state index contributed by atoms with van der Waals surface area (Å²) in [5.74, 6) is -1.09. The van der Waals surface area contributed by atoms with Crippen molar-refractivity contribution in [3.8, 4) is 6.07 Å². The lowest BCUT2D eigenvalue weighted by Gasteiger charge is -1.86. The number of carbonyl (C=O) groups is 2. The quantitative estimate of drug-likeness (QED) is 0.572. The summed E-state index contributed by atoms with van der Waals surface area (Å²) in [5.41, 5.74) is 0. The highest BCUT2D eigenvalue weighted by molar-refractivity contribution is 5.71. The lowest BCUT2D eigenvalue weighted by atomic mass is 10.5. The molecule has 0 heterocycles. The van der Waals surface area contributed by atoms with Gasteiger partial charge in [0.05, 0.1) is 20.3 Å².